The minimum atomic E-state index is -0.890. The van der Waals surface area contributed by atoms with Crippen molar-refractivity contribution in [2.24, 2.45) is 5.92 Å². The van der Waals surface area contributed by atoms with Gasteiger partial charge in [-0.15, -0.1) is 0 Å². The molecule has 1 aliphatic carbocycles. The van der Waals surface area contributed by atoms with Crippen molar-refractivity contribution in [3.05, 3.63) is 24.8 Å². The second kappa shape index (κ2) is 4.31. The van der Waals surface area contributed by atoms with Gasteiger partial charge < -0.3 is 19.9 Å². The predicted octanol–water partition coefficient (Wildman–Crippen LogP) is -0.294. The molecule has 2 aromatic heterocycles. The third-order valence-electron chi connectivity index (χ3n) is 3.74. The fourth-order valence-corrected chi connectivity index (χ4v) is 2.70. The molecule has 18 heavy (non-hydrogen) atoms. The summed E-state index contributed by atoms with van der Waals surface area (Å²) in [5, 5.41) is 29.1. The highest BCUT2D eigenvalue weighted by Gasteiger charge is 2.42. The fourth-order valence-electron chi connectivity index (χ4n) is 2.70. The largest absolute Gasteiger partial charge is 0.396 e. The van der Waals surface area contributed by atoms with Crippen LogP contribution in [0.3, 0.4) is 0 Å². The Kier molecular flexibility index (Phi) is 2.77. The zero-order chi connectivity index (χ0) is 12.7. The van der Waals surface area contributed by atoms with Crippen LogP contribution in [0, 0.1) is 5.92 Å². The Bertz CT molecular complexity index is 556. The molecule has 0 amide bonds. The summed E-state index contributed by atoms with van der Waals surface area (Å²) in [6.07, 6.45) is 3.74. The quantitative estimate of drug-likeness (QED) is 0.680. The van der Waals surface area contributed by atoms with Gasteiger partial charge in [0.2, 0.25) is 0 Å². The lowest BCUT2D eigenvalue weighted by Crippen LogP contribution is -2.30. The fraction of sp³-hybridized carbons (Fsp3) is 0.500. The molecule has 0 saturated heterocycles. The standard InChI is InChI=1S/C12H15N3O3/c16-5-7-3-10(12(18)11(7)17)15-6-14-8-4-13-2-1-9(8)15/h1-2,4,6-7,10-12,16-18H,3,5H2/t7-,10-,11-,12+/m0/s1. The molecule has 4 atom stereocenters. The summed E-state index contributed by atoms with van der Waals surface area (Å²) in [5.41, 5.74) is 1.63. The van der Waals surface area contributed by atoms with Crippen molar-refractivity contribution in [2.75, 3.05) is 6.61 Å². The maximum absolute atomic E-state index is 10.1. The highest BCUT2D eigenvalue weighted by Crippen LogP contribution is 2.36. The van der Waals surface area contributed by atoms with Gasteiger partial charge in [-0.05, 0) is 12.5 Å². The van der Waals surface area contributed by atoms with Crippen molar-refractivity contribution in [2.45, 2.75) is 24.7 Å². The summed E-state index contributed by atoms with van der Waals surface area (Å²) >= 11 is 0. The minimum absolute atomic E-state index is 0.122. The molecule has 0 bridgehead atoms. The highest BCUT2D eigenvalue weighted by molar-refractivity contribution is 5.73. The second-order valence-electron chi connectivity index (χ2n) is 4.74. The van der Waals surface area contributed by atoms with E-state index in [0.717, 1.165) is 11.0 Å². The number of pyridine rings is 1. The van der Waals surface area contributed by atoms with Crippen LogP contribution in [0.2, 0.25) is 0 Å². The number of hydrogen-bond acceptors (Lipinski definition) is 5. The van der Waals surface area contributed by atoms with Crippen molar-refractivity contribution in [3.63, 3.8) is 0 Å². The summed E-state index contributed by atoms with van der Waals surface area (Å²) in [6.45, 7) is -0.122. The van der Waals surface area contributed by atoms with Gasteiger partial charge in [0.25, 0.3) is 0 Å². The van der Waals surface area contributed by atoms with Crippen LogP contribution in [0.4, 0.5) is 0 Å². The number of nitrogens with zero attached hydrogens (tertiary/aromatic N) is 3. The van der Waals surface area contributed by atoms with E-state index in [0.29, 0.717) is 6.42 Å². The van der Waals surface area contributed by atoms with Crippen LogP contribution in [0.25, 0.3) is 11.0 Å². The van der Waals surface area contributed by atoms with Gasteiger partial charge in [0, 0.05) is 18.7 Å². The summed E-state index contributed by atoms with van der Waals surface area (Å²) < 4.78 is 1.85. The number of aromatic nitrogens is 3. The molecule has 0 aliphatic heterocycles. The zero-order valence-corrected chi connectivity index (χ0v) is 9.72. The molecule has 1 aliphatic rings. The third-order valence-corrected chi connectivity index (χ3v) is 3.74. The average Bonchev–Trinajstić information content (AvgIpc) is 2.93. The van der Waals surface area contributed by atoms with E-state index in [4.69, 9.17) is 0 Å². The van der Waals surface area contributed by atoms with E-state index in [1.54, 1.807) is 18.7 Å². The van der Waals surface area contributed by atoms with Gasteiger partial charge >= 0.3 is 0 Å². The van der Waals surface area contributed by atoms with Crippen molar-refractivity contribution in [1.82, 2.24) is 14.5 Å². The lowest BCUT2D eigenvalue weighted by Gasteiger charge is -2.18. The SMILES string of the molecule is OC[C@@H]1C[C@H](n2cnc3cnccc32)[C@@H](O)[C@H]1O. The summed E-state index contributed by atoms with van der Waals surface area (Å²) in [7, 11) is 0. The zero-order valence-electron chi connectivity index (χ0n) is 9.72. The van der Waals surface area contributed by atoms with E-state index in [2.05, 4.69) is 9.97 Å². The summed E-state index contributed by atoms with van der Waals surface area (Å²) in [6, 6.07) is 1.57. The molecule has 96 valence electrons. The molecule has 3 N–H and O–H groups in total. The van der Waals surface area contributed by atoms with E-state index >= 15 is 0 Å². The van der Waals surface area contributed by atoms with Gasteiger partial charge in [-0.3, -0.25) is 4.98 Å². The van der Waals surface area contributed by atoms with Crippen LogP contribution >= 0.6 is 0 Å². The molecule has 6 nitrogen and oxygen atoms in total. The van der Waals surface area contributed by atoms with Gasteiger partial charge in [-0.1, -0.05) is 0 Å². The molecular weight excluding hydrogens is 234 g/mol. The second-order valence-corrected chi connectivity index (χ2v) is 4.74. The number of aliphatic hydroxyl groups excluding tert-OH is 3. The number of imidazole rings is 1. The van der Waals surface area contributed by atoms with Crippen molar-refractivity contribution in [3.8, 4) is 0 Å². The monoisotopic (exact) mass is 249 g/mol. The van der Waals surface area contributed by atoms with Crippen LogP contribution in [-0.4, -0.2) is 48.7 Å². The number of hydrogen-bond donors (Lipinski definition) is 3. The molecule has 3 rings (SSSR count). The van der Waals surface area contributed by atoms with E-state index in [1.165, 1.54) is 0 Å². The molecule has 0 radical (unpaired) electrons. The van der Waals surface area contributed by atoms with Gasteiger partial charge in [0.15, 0.2) is 0 Å². The normalized spacial score (nSPS) is 32.2. The Labute approximate surface area is 104 Å². The van der Waals surface area contributed by atoms with Crippen LogP contribution in [0.15, 0.2) is 24.8 Å². The average molecular weight is 249 g/mol. The first kappa shape index (κ1) is 11.6. The van der Waals surface area contributed by atoms with Gasteiger partial charge in [0.05, 0.1) is 30.2 Å². The first-order valence-electron chi connectivity index (χ1n) is 5.96. The molecular formula is C12H15N3O3. The highest BCUT2D eigenvalue weighted by atomic mass is 16.3. The molecule has 2 heterocycles. The molecule has 1 fully saturated rings. The number of rotatable bonds is 2. The Balaban J connectivity index is 2.00. The summed E-state index contributed by atoms with van der Waals surface area (Å²) in [5.74, 6) is -0.288. The van der Waals surface area contributed by atoms with Crippen LogP contribution in [0.1, 0.15) is 12.5 Å². The first-order chi connectivity index (χ1) is 8.72. The van der Waals surface area contributed by atoms with Crippen molar-refractivity contribution in [1.29, 1.82) is 0 Å². The summed E-state index contributed by atoms with van der Waals surface area (Å²) in [4.78, 5) is 8.21. The third kappa shape index (κ3) is 1.61. The molecule has 2 aromatic rings. The predicted molar refractivity (Wildman–Crippen MR) is 63.8 cm³/mol. The van der Waals surface area contributed by atoms with Crippen molar-refractivity contribution < 1.29 is 15.3 Å². The molecule has 1 saturated carbocycles. The van der Waals surface area contributed by atoms with Gasteiger partial charge in [-0.25, -0.2) is 4.98 Å². The van der Waals surface area contributed by atoms with Crippen LogP contribution < -0.4 is 0 Å². The van der Waals surface area contributed by atoms with Crippen molar-refractivity contribution >= 4 is 11.0 Å². The Morgan fingerprint density at radius 3 is 2.89 bits per heavy atom. The molecule has 0 spiro atoms. The van der Waals surface area contributed by atoms with Crippen LogP contribution in [-0.2, 0) is 0 Å². The smallest absolute Gasteiger partial charge is 0.107 e. The topological polar surface area (TPSA) is 91.4 Å². The maximum Gasteiger partial charge on any atom is 0.107 e. The molecule has 0 unspecified atom stereocenters. The number of aliphatic hydroxyl groups is 3. The Hall–Kier alpha value is -1.50. The lowest BCUT2D eigenvalue weighted by molar-refractivity contribution is -0.00365. The first-order valence-corrected chi connectivity index (χ1v) is 5.96. The van der Waals surface area contributed by atoms with E-state index in [1.807, 2.05) is 10.6 Å². The lowest BCUT2D eigenvalue weighted by atomic mass is 10.1. The van der Waals surface area contributed by atoms with Gasteiger partial charge in [-0.2, -0.15) is 0 Å². The van der Waals surface area contributed by atoms with Crippen LogP contribution in [0.5, 0.6) is 0 Å². The maximum atomic E-state index is 10.1. The van der Waals surface area contributed by atoms with E-state index in [9.17, 15) is 15.3 Å². The molecule has 0 aromatic carbocycles. The Morgan fingerprint density at radius 1 is 1.33 bits per heavy atom. The molecule has 6 heteroatoms. The van der Waals surface area contributed by atoms with E-state index in [-0.39, 0.29) is 18.6 Å². The Morgan fingerprint density at radius 2 is 2.17 bits per heavy atom. The van der Waals surface area contributed by atoms with Gasteiger partial charge in [0.1, 0.15) is 11.6 Å². The minimum Gasteiger partial charge on any atom is -0.396 e. The van der Waals surface area contributed by atoms with E-state index < -0.39 is 12.2 Å². The number of fused-ring (bicyclic) bond motifs is 1.